The number of amides is 1. The van der Waals surface area contributed by atoms with Crippen molar-refractivity contribution in [3.05, 3.63) is 53.5 Å². The Morgan fingerprint density at radius 2 is 2.00 bits per heavy atom. The molecular weight excluding hydrogens is 304 g/mol. The maximum Gasteiger partial charge on any atom is 0.270 e. The van der Waals surface area contributed by atoms with Crippen molar-refractivity contribution in [2.75, 3.05) is 5.73 Å². The minimum absolute atomic E-state index is 0.0756. The number of nitrogens with zero attached hydrogens (tertiary/aromatic N) is 2. The molecule has 1 amide bonds. The average Bonchev–Trinajstić information content (AvgIpc) is 3.13. The average molecular weight is 324 g/mol. The molecule has 2 heterocycles. The van der Waals surface area contributed by atoms with Crippen LogP contribution in [0.15, 0.2) is 36.4 Å². The van der Waals surface area contributed by atoms with E-state index in [1.54, 1.807) is 0 Å². The Hall–Kier alpha value is -3.09. The quantitative estimate of drug-likeness (QED) is 0.575. The van der Waals surface area contributed by atoms with E-state index in [-0.39, 0.29) is 11.9 Å². The number of carbonyl (C=O) groups is 1. The third kappa shape index (κ3) is 3.29. The first-order valence-corrected chi connectivity index (χ1v) is 7.75. The first kappa shape index (κ1) is 15.8. The minimum Gasteiger partial charge on any atom is -0.382 e. The highest BCUT2D eigenvalue weighted by atomic mass is 16.2. The Kier molecular flexibility index (Phi) is 4.33. The van der Waals surface area contributed by atoms with Gasteiger partial charge in [0.2, 0.25) is 0 Å². The summed E-state index contributed by atoms with van der Waals surface area (Å²) in [7, 11) is 0. The molecule has 0 saturated heterocycles. The zero-order chi connectivity index (χ0) is 17.1. The van der Waals surface area contributed by atoms with E-state index in [0.717, 1.165) is 17.0 Å². The van der Waals surface area contributed by atoms with Crippen molar-refractivity contribution in [1.82, 2.24) is 25.7 Å². The summed E-state index contributed by atoms with van der Waals surface area (Å²) < 4.78 is 0. The lowest BCUT2D eigenvalue weighted by atomic mass is 10.0. The van der Waals surface area contributed by atoms with Crippen LogP contribution in [0.4, 0.5) is 5.82 Å². The predicted molar refractivity (Wildman–Crippen MR) is 92.4 cm³/mol. The molecule has 0 fully saturated rings. The smallest absolute Gasteiger partial charge is 0.270 e. The van der Waals surface area contributed by atoms with Crippen molar-refractivity contribution in [2.45, 2.75) is 26.3 Å². The number of nitrogens with two attached hydrogens (primary N) is 1. The Balaban J connectivity index is 1.76. The van der Waals surface area contributed by atoms with Gasteiger partial charge in [-0.25, -0.2) is 0 Å². The standard InChI is InChI=1S/C17H20N6O/c1-10(8-13-9-11(2)20-21-13)19-17(24)15-14(16(18)23-22-15)12-6-4-3-5-7-12/h3-7,9-10H,8H2,1-2H3,(H,19,24)(H,20,21)(H3,18,22,23). The summed E-state index contributed by atoms with van der Waals surface area (Å²) >= 11 is 0. The number of hydrogen-bond acceptors (Lipinski definition) is 4. The van der Waals surface area contributed by atoms with Crippen molar-refractivity contribution in [2.24, 2.45) is 0 Å². The molecule has 0 spiro atoms. The first-order valence-electron chi connectivity index (χ1n) is 7.75. The molecule has 1 aromatic carbocycles. The molecule has 3 rings (SSSR count). The number of H-pyrrole nitrogens is 2. The van der Waals surface area contributed by atoms with Crippen LogP contribution in [0.5, 0.6) is 0 Å². The van der Waals surface area contributed by atoms with Gasteiger partial charge < -0.3 is 11.1 Å². The monoisotopic (exact) mass is 324 g/mol. The second kappa shape index (κ2) is 6.57. The molecule has 0 aliphatic carbocycles. The van der Waals surface area contributed by atoms with Crippen molar-refractivity contribution in [3.63, 3.8) is 0 Å². The normalized spacial score (nSPS) is 12.1. The van der Waals surface area contributed by atoms with Gasteiger partial charge in [-0.15, -0.1) is 0 Å². The molecule has 5 N–H and O–H groups in total. The summed E-state index contributed by atoms with van der Waals surface area (Å²) in [5.41, 5.74) is 9.68. The zero-order valence-electron chi connectivity index (χ0n) is 13.6. The van der Waals surface area contributed by atoms with Crippen molar-refractivity contribution in [3.8, 4) is 11.1 Å². The second-order valence-electron chi connectivity index (χ2n) is 5.85. The van der Waals surface area contributed by atoms with Gasteiger partial charge in [-0.05, 0) is 25.5 Å². The van der Waals surface area contributed by atoms with Crippen LogP contribution in [0.1, 0.15) is 28.8 Å². The molecule has 0 aliphatic heterocycles. The van der Waals surface area contributed by atoms with Crippen molar-refractivity contribution in [1.29, 1.82) is 0 Å². The number of benzene rings is 1. The molecule has 0 bridgehead atoms. The first-order chi connectivity index (χ1) is 11.5. The van der Waals surface area contributed by atoms with E-state index in [1.165, 1.54) is 0 Å². The van der Waals surface area contributed by atoms with Crippen LogP contribution in [0.25, 0.3) is 11.1 Å². The van der Waals surface area contributed by atoms with Gasteiger partial charge in [0.1, 0.15) is 5.69 Å². The van der Waals surface area contributed by atoms with Gasteiger partial charge in [0.05, 0.1) is 11.3 Å². The lowest BCUT2D eigenvalue weighted by molar-refractivity contribution is 0.0935. The highest BCUT2D eigenvalue weighted by Gasteiger charge is 2.20. The highest BCUT2D eigenvalue weighted by molar-refractivity contribution is 6.01. The number of hydrogen-bond donors (Lipinski definition) is 4. The van der Waals surface area contributed by atoms with Crippen LogP contribution in [0.2, 0.25) is 0 Å². The van der Waals surface area contributed by atoms with Crippen LogP contribution in [0, 0.1) is 6.92 Å². The van der Waals surface area contributed by atoms with Crippen LogP contribution in [-0.4, -0.2) is 32.3 Å². The molecular formula is C17H20N6O. The number of aromatic amines is 2. The fourth-order valence-corrected chi connectivity index (χ4v) is 2.66. The fourth-order valence-electron chi connectivity index (χ4n) is 2.66. The molecule has 1 atom stereocenters. The molecule has 2 aromatic heterocycles. The Bertz CT molecular complexity index is 836. The molecule has 24 heavy (non-hydrogen) atoms. The molecule has 0 aliphatic rings. The lowest BCUT2D eigenvalue weighted by Gasteiger charge is -2.12. The van der Waals surface area contributed by atoms with E-state index < -0.39 is 0 Å². The van der Waals surface area contributed by atoms with Gasteiger partial charge in [-0.2, -0.15) is 10.2 Å². The van der Waals surface area contributed by atoms with Crippen LogP contribution in [0.3, 0.4) is 0 Å². The molecule has 7 nitrogen and oxygen atoms in total. The third-order valence-corrected chi connectivity index (χ3v) is 3.74. The van der Waals surface area contributed by atoms with Crippen LogP contribution in [-0.2, 0) is 6.42 Å². The summed E-state index contributed by atoms with van der Waals surface area (Å²) in [6.45, 7) is 3.88. The number of aromatic nitrogens is 4. The number of anilines is 1. The lowest BCUT2D eigenvalue weighted by Crippen LogP contribution is -2.34. The van der Waals surface area contributed by atoms with E-state index in [2.05, 4.69) is 25.7 Å². The number of nitrogen functional groups attached to an aromatic ring is 1. The van der Waals surface area contributed by atoms with E-state index in [1.807, 2.05) is 50.2 Å². The molecule has 1 unspecified atom stereocenters. The molecule has 0 saturated carbocycles. The minimum atomic E-state index is -0.238. The predicted octanol–water partition coefficient (Wildman–Crippen LogP) is 2.05. The van der Waals surface area contributed by atoms with Crippen LogP contribution >= 0.6 is 0 Å². The van der Waals surface area contributed by atoms with Crippen molar-refractivity contribution >= 4 is 11.7 Å². The third-order valence-electron chi connectivity index (χ3n) is 3.74. The number of rotatable bonds is 5. The highest BCUT2D eigenvalue weighted by Crippen LogP contribution is 2.27. The largest absolute Gasteiger partial charge is 0.382 e. The van der Waals surface area contributed by atoms with Gasteiger partial charge in [0.15, 0.2) is 5.82 Å². The van der Waals surface area contributed by atoms with Gasteiger partial charge >= 0.3 is 0 Å². The van der Waals surface area contributed by atoms with Crippen molar-refractivity contribution < 1.29 is 4.79 Å². The van der Waals surface area contributed by atoms with Gasteiger partial charge in [-0.3, -0.25) is 15.0 Å². The summed E-state index contributed by atoms with van der Waals surface area (Å²) in [6.07, 6.45) is 0.639. The maximum atomic E-state index is 12.6. The SMILES string of the molecule is Cc1cc(CC(C)NC(=O)c2[nH]nc(N)c2-c2ccccc2)n[nH]1. The van der Waals surface area contributed by atoms with Gasteiger partial charge in [-0.1, -0.05) is 30.3 Å². The van der Waals surface area contributed by atoms with E-state index in [9.17, 15) is 4.79 Å². The zero-order valence-corrected chi connectivity index (χ0v) is 13.6. The fraction of sp³-hybridized carbons (Fsp3) is 0.235. The summed E-state index contributed by atoms with van der Waals surface area (Å²) in [6, 6.07) is 11.4. The number of nitrogens with one attached hydrogen (secondary N) is 3. The number of aryl methyl sites for hydroxylation is 1. The second-order valence-corrected chi connectivity index (χ2v) is 5.85. The molecule has 3 aromatic rings. The molecule has 7 heteroatoms. The van der Waals surface area contributed by atoms with Gasteiger partial charge in [0.25, 0.3) is 5.91 Å². The summed E-state index contributed by atoms with van der Waals surface area (Å²) in [4.78, 5) is 12.6. The topological polar surface area (TPSA) is 112 Å². The van der Waals surface area contributed by atoms with E-state index >= 15 is 0 Å². The van der Waals surface area contributed by atoms with E-state index in [0.29, 0.717) is 23.5 Å². The summed E-state index contributed by atoms with van der Waals surface area (Å²) in [5, 5.41) is 16.8. The molecule has 124 valence electrons. The summed E-state index contributed by atoms with van der Waals surface area (Å²) in [5.74, 6) is 0.0692. The Morgan fingerprint density at radius 1 is 1.25 bits per heavy atom. The number of carbonyl (C=O) groups excluding carboxylic acids is 1. The maximum absolute atomic E-state index is 12.6. The van der Waals surface area contributed by atoms with Gasteiger partial charge in [0, 0.05) is 18.2 Å². The molecule has 0 radical (unpaired) electrons. The van der Waals surface area contributed by atoms with E-state index in [4.69, 9.17) is 5.73 Å². The Labute approximate surface area is 139 Å². The van der Waals surface area contributed by atoms with Crippen LogP contribution < -0.4 is 11.1 Å². The Morgan fingerprint density at radius 3 is 2.67 bits per heavy atom.